The van der Waals surface area contributed by atoms with Crippen LogP contribution in [0, 0.1) is 0 Å². The fraction of sp³-hybridized carbons (Fsp3) is 0.429. The van der Waals surface area contributed by atoms with Gasteiger partial charge in [0.1, 0.15) is 8.07 Å². The Morgan fingerprint density at radius 1 is 1.17 bits per heavy atom. The maximum absolute atomic E-state index is 8.80. The molecule has 0 atom stereocenters. The number of hydrogen-bond donors (Lipinski definition) is 2. The number of aryl methyl sites for hydroxylation is 1. The molecule has 0 bridgehead atoms. The largest absolute Gasteiger partial charge is 0.396 e. The average Bonchev–Trinajstić information content (AvgIpc) is 2.24. The van der Waals surface area contributed by atoms with Crippen LogP contribution in [0.2, 0.25) is 19.6 Å². The van der Waals surface area contributed by atoms with Crippen molar-refractivity contribution < 1.29 is 5.11 Å². The van der Waals surface area contributed by atoms with Crippen LogP contribution < -0.4 is 5.32 Å². The molecule has 0 saturated heterocycles. The third-order valence-corrected chi connectivity index (χ3v) is 5.00. The minimum atomic E-state index is -1.20. The number of hydrogen-bond acceptors (Lipinski definition) is 1. The summed E-state index contributed by atoms with van der Waals surface area (Å²) >= 11 is 0. The lowest BCUT2D eigenvalue weighted by atomic mass is 10.1. The van der Waals surface area contributed by atoms with Gasteiger partial charge in [-0.05, 0) is 30.5 Å². The normalized spacial score (nSPS) is 12.0. The molecule has 3 nitrogen and oxygen atoms in total. The second-order valence-electron chi connectivity index (χ2n) is 5.77. The summed E-state index contributed by atoms with van der Waals surface area (Å²) in [6.07, 6.45) is 3.98. The molecule has 2 N–H and O–H groups in total. The van der Waals surface area contributed by atoms with Crippen molar-refractivity contribution in [1.82, 2.24) is 9.78 Å². The van der Waals surface area contributed by atoms with Crippen molar-refractivity contribution in [2.75, 3.05) is 6.61 Å². The second kappa shape index (κ2) is 5.16. The Hall–Kier alpha value is -1.26. The highest BCUT2D eigenvalue weighted by Gasteiger charge is 2.20. The smallest absolute Gasteiger partial charge is 0.102 e. The van der Waals surface area contributed by atoms with E-state index in [1.165, 1.54) is 16.6 Å². The molecule has 1 aromatic carbocycles. The van der Waals surface area contributed by atoms with Gasteiger partial charge in [-0.25, -0.2) is 0 Å². The van der Waals surface area contributed by atoms with E-state index in [4.69, 9.17) is 5.11 Å². The van der Waals surface area contributed by atoms with Gasteiger partial charge >= 0.3 is 0 Å². The molecular formula is C14H22N2OSi. The topological polar surface area (TPSA) is 41.0 Å². The molecular weight excluding hydrogens is 240 g/mol. The summed E-state index contributed by atoms with van der Waals surface area (Å²) in [7, 11) is -1.20. The Morgan fingerprint density at radius 2 is 1.78 bits per heavy atom. The number of nitrogens with one attached hydrogen (secondary N) is 1. The van der Waals surface area contributed by atoms with E-state index in [9.17, 15) is 0 Å². The Bertz CT molecular complexity index is 479. The van der Waals surface area contributed by atoms with Crippen LogP contribution >= 0.6 is 0 Å². The Labute approximate surface area is 109 Å². The molecule has 0 aliphatic rings. The van der Waals surface area contributed by atoms with Crippen molar-refractivity contribution in [3.63, 3.8) is 0 Å². The summed E-state index contributed by atoms with van der Waals surface area (Å²) < 4.78 is 2.07. The summed E-state index contributed by atoms with van der Waals surface area (Å²) in [6, 6.07) is 8.51. The first-order valence-corrected chi connectivity index (χ1v) is 9.99. The van der Waals surface area contributed by atoms with Crippen molar-refractivity contribution >= 4 is 13.4 Å². The number of aliphatic hydroxyl groups is 1. The number of aliphatic hydroxyl groups excluding tert-OH is 1. The highest BCUT2D eigenvalue weighted by atomic mass is 28.3. The molecule has 0 aliphatic carbocycles. The van der Waals surface area contributed by atoms with E-state index in [-0.39, 0.29) is 6.61 Å². The highest BCUT2D eigenvalue weighted by Crippen LogP contribution is 2.11. The predicted octanol–water partition coefficient (Wildman–Crippen LogP) is 2.28. The molecule has 0 spiro atoms. The third-order valence-electron chi connectivity index (χ3n) is 3.15. The molecule has 2 rings (SSSR count). The number of aromatic nitrogens is 2. The van der Waals surface area contributed by atoms with Crippen molar-refractivity contribution in [1.29, 1.82) is 0 Å². The van der Waals surface area contributed by atoms with Gasteiger partial charge in [0, 0.05) is 18.1 Å². The van der Waals surface area contributed by atoms with Gasteiger partial charge in [-0.2, -0.15) is 0 Å². The molecule has 98 valence electrons. The van der Waals surface area contributed by atoms with Crippen LogP contribution in [0.3, 0.4) is 0 Å². The van der Waals surface area contributed by atoms with Crippen LogP contribution in [0.5, 0.6) is 0 Å². The van der Waals surface area contributed by atoms with Gasteiger partial charge in [-0.1, -0.05) is 31.8 Å². The third kappa shape index (κ3) is 2.94. The number of nitrogens with zero attached hydrogens (tertiary/aromatic N) is 1. The number of aromatic amines is 1. The summed E-state index contributed by atoms with van der Waals surface area (Å²) in [5.74, 6) is 0. The fourth-order valence-electron chi connectivity index (χ4n) is 1.86. The molecule has 18 heavy (non-hydrogen) atoms. The van der Waals surface area contributed by atoms with Crippen LogP contribution in [-0.2, 0) is 6.42 Å². The van der Waals surface area contributed by atoms with Crippen LogP contribution in [0.25, 0.3) is 5.69 Å². The molecule has 2 aromatic rings. The lowest BCUT2D eigenvalue weighted by Crippen LogP contribution is -2.45. The summed E-state index contributed by atoms with van der Waals surface area (Å²) in [6.45, 7) is 7.27. The number of rotatable bonds is 5. The van der Waals surface area contributed by atoms with E-state index in [0.29, 0.717) is 0 Å². The highest BCUT2D eigenvalue weighted by molar-refractivity contribution is 6.88. The van der Waals surface area contributed by atoms with Crippen molar-refractivity contribution in [2.45, 2.75) is 32.5 Å². The molecule has 4 heteroatoms. The van der Waals surface area contributed by atoms with E-state index in [1.807, 2.05) is 0 Å². The molecule has 0 radical (unpaired) electrons. The average molecular weight is 262 g/mol. The van der Waals surface area contributed by atoms with E-state index in [1.54, 1.807) is 0 Å². The van der Waals surface area contributed by atoms with Crippen LogP contribution in [0.4, 0.5) is 0 Å². The standard InChI is InChI=1S/C14H22N2OSi/c1-18(2,3)14-11-16(15-14)13-8-6-12(7-9-13)5-4-10-17/h6-9,11,15,17H,4-5,10H2,1-3H3. The fourth-order valence-corrected chi connectivity index (χ4v) is 2.83. The Balaban J connectivity index is 2.05. The molecule has 1 heterocycles. The maximum Gasteiger partial charge on any atom is 0.102 e. The molecule has 0 saturated carbocycles. The minimum Gasteiger partial charge on any atom is -0.396 e. The summed E-state index contributed by atoms with van der Waals surface area (Å²) in [4.78, 5) is 0. The minimum absolute atomic E-state index is 0.262. The Kier molecular flexibility index (Phi) is 3.78. The maximum atomic E-state index is 8.80. The molecule has 0 aliphatic heterocycles. The van der Waals surface area contributed by atoms with E-state index >= 15 is 0 Å². The first kappa shape index (κ1) is 13.2. The van der Waals surface area contributed by atoms with Crippen LogP contribution in [0.1, 0.15) is 12.0 Å². The predicted molar refractivity (Wildman–Crippen MR) is 78.5 cm³/mol. The van der Waals surface area contributed by atoms with Gasteiger partial charge in [0.15, 0.2) is 0 Å². The van der Waals surface area contributed by atoms with E-state index < -0.39 is 8.07 Å². The van der Waals surface area contributed by atoms with Gasteiger partial charge < -0.3 is 10.2 Å². The zero-order valence-electron chi connectivity index (χ0n) is 11.4. The molecule has 1 aromatic heterocycles. The van der Waals surface area contributed by atoms with Crippen molar-refractivity contribution in [3.05, 3.63) is 36.0 Å². The van der Waals surface area contributed by atoms with Gasteiger partial charge in [-0.3, -0.25) is 4.68 Å². The van der Waals surface area contributed by atoms with E-state index in [0.717, 1.165) is 12.8 Å². The number of benzene rings is 1. The number of H-pyrrole nitrogens is 1. The monoisotopic (exact) mass is 262 g/mol. The van der Waals surface area contributed by atoms with E-state index in [2.05, 4.69) is 59.9 Å². The molecule has 0 unspecified atom stereocenters. The zero-order chi connectivity index (χ0) is 13.2. The lowest BCUT2D eigenvalue weighted by molar-refractivity contribution is 0.288. The molecule has 0 fully saturated rings. The van der Waals surface area contributed by atoms with Crippen LogP contribution in [0.15, 0.2) is 30.5 Å². The first-order chi connectivity index (χ1) is 8.50. The Morgan fingerprint density at radius 3 is 2.28 bits per heavy atom. The van der Waals surface area contributed by atoms with Gasteiger partial charge in [-0.15, -0.1) is 0 Å². The van der Waals surface area contributed by atoms with Crippen LogP contribution in [-0.4, -0.2) is 29.6 Å². The van der Waals surface area contributed by atoms with Crippen molar-refractivity contribution in [2.24, 2.45) is 0 Å². The summed E-state index contributed by atoms with van der Waals surface area (Å²) in [5.41, 5.74) is 2.45. The lowest BCUT2D eigenvalue weighted by Gasteiger charge is -2.24. The second-order valence-corrected chi connectivity index (χ2v) is 10.8. The SMILES string of the molecule is C[Si](C)(C)c1cn(-c2ccc(CCCO)cc2)[nH]1. The zero-order valence-corrected chi connectivity index (χ0v) is 12.4. The van der Waals surface area contributed by atoms with Crippen molar-refractivity contribution in [3.8, 4) is 5.69 Å². The quantitative estimate of drug-likeness (QED) is 0.798. The summed E-state index contributed by atoms with van der Waals surface area (Å²) in [5, 5.41) is 13.6. The first-order valence-electron chi connectivity index (χ1n) is 6.49. The molecule has 0 amide bonds. The van der Waals surface area contributed by atoms with Gasteiger partial charge in [0.2, 0.25) is 0 Å². The van der Waals surface area contributed by atoms with Gasteiger partial charge in [0.05, 0.1) is 5.69 Å². The van der Waals surface area contributed by atoms with Gasteiger partial charge in [0.25, 0.3) is 0 Å².